The Kier molecular flexibility index (Phi) is 3.37. The van der Waals surface area contributed by atoms with Crippen molar-refractivity contribution in [3.05, 3.63) is 35.9 Å². The molecule has 3 heteroatoms. The normalized spacial score (nSPS) is 10.6. The molecule has 0 aliphatic carbocycles. The monoisotopic (exact) mass is 216 g/mol. The number of rotatable bonds is 4. The molecular formula is C13H16N2O. The number of methoxy groups -OCH3 is 1. The fourth-order valence-corrected chi connectivity index (χ4v) is 1.75. The number of benzene rings is 1. The number of nitrogens with zero attached hydrogens (tertiary/aromatic N) is 1. The van der Waals surface area contributed by atoms with Crippen molar-refractivity contribution in [2.75, 3.05) is 19.0 Å². The summed E-state index contributed by atoms with van der Waals surface area (Å²) in [5.74, 6) is 0.919. The Labute approximate surface area is 95.5 Å². The topological polar surface area (TPSA) is 34.2 Å². The van der Waals surface area contributed by atoms with Gasteiger partial charge in [0.2, 0.25) is 0 Å². The number of hydrogen-bond acceptors (Lipinski definition) is 3. The third-order valence-corrected chi connectivity index (χ3v) is 2.45. The predicted molar refractivity (Wildman–Crippen MR) is 66.6 cm³/mol. The third-order valence-electron chi connectivity index (χ3n) is 2.45. The maximum atomic E-state index is 5.18. The highest BCUT2D eigenvalue weighted by molar-refractivity contribution is 5.81. The standard InChI is InChI=1S/C13H16N2O/c1-3-14-13-11(9-16-2)8-10-6-4-5-7-12(10)15-13/h4-8H,3,9H2,1-2H3,(H,14,15). The second kappa shape index (κ2) is 4.94. The van der Waals surface area contributed by atoms with Crippen LogP contribution in [0, 0.1) is 0 Å². The maximum absolute atomic E-state index is 5.18. The van der Waals surface area contributed by atoms with Gasteiger partial charge in [0.1, 0.15) is 5.82 Å². The summed E-state index contributed by atoms with van der Waals surface area (Å²) >= 11 is 0. The van der Waals surface area contributed by atoms with Crippen LogP contribution in [0.25, 0.3) is 10.9 Å². The molecule has 0 amide bonds. The Morgan fingerprint density at radius 2 is 2.12 bits per heavy atom. The van der Waals surface area contributed by atoms with Gasteiger partial charge in [0.25, 0.3) is 0 Å². The largest absolute Gasteiger partial charge is 0.380 e. The van der Waals surface area contributed by atoms with Gasteiger partial charge >= 0.3 is 0 Å². The van der Waals surface area contributed by atoms with Crippen LogP contribution in [-0.4, -0.2) is 18.6 Å². The summed E-state index contributed by atoms with van der Waals surface area (Å²) in [7, 11) is 1.70. The molecule has 0 aliphatic rings. The zero-order valence-corrected chi connectivity index (χ0v) is 9.66. The van der Waals surface area contributed by atoms with E-state index in [4.69, 9.17) is 4.74 Å². The quantitative estimate of drug-likeness (QED) is 0.853. The van der Waals surface area contributed by atoms with Crippen molar-refractivity contribution >= 4 is 16.7 Å². The molecule has 1 aromatic carbocycles. The van der Waals surface area contributed by atoms with E-state index in [2.05, 4.69) is 29.4 Å². The van der Waals surface area contributed by atoms with Crippen molar-refractivity contribution in [1.29, 1.82) is 0 Å². The van der Waals surface area contributed by atoms with E-state index in [-0.39, 0.29) is 0 Å². The van der Waals surface area contributed by atoms with E-state index >= 15 is 0 Å². The number of anilines is 1. The molecule has 3 nitrogen and oxygen atoms in total. The highest BCUT2D eigenvalue weighted by Crippen LogP contribution is 2.20. The molecule has 0 saturated carbocycles. The Morgan fingerprint density at radius 1 is 1.31 bits per heavy atom. The van der Waals surface area contributed by atoms with Crippen molar-refractivity contribution in [2.45, 2.75) is 13.5 Å². The lowest BCUT2D eigenvalue weighted by Crippen LogP contribution is -2.04. The fourth-order valence-electron chi connectivity index (χ4n) is 1.75. The van der Waals surface area contributed by atoms with E-state index in [0.29, 0.717) is 6.61 Å². The molecule has 0 unspecified atom stereocenters. The molecule has 0 bridgehead atoms. The van der Waals surface area contributed by atoms with Gasteiger partial charge in [-0.1, -0.05) is 18.2 Å². The van der Waals surface area contributed by atoms with Crippen LogP contribution in [0.5, 0.6) is 0 Å². The summed E-state index contributed by atoms with van der Waals surface area (Å²) in [6.45, 7) is 3.51. The van der Waals surface area contributed by atoms with Gasteiger partial charge in [-0.2, -0.15) is 0 Å². The van der Waals surface area contributed by atoms with Crippen LogP contribution in [0.3, 0.4) is 0 Å². The zero-order valence-electron chi connectivity index (χ0n) is 9.66. The summed E-state index contributed by atoms with van der Waals surface area (Å²) in [5.41, 5.74) is 2.11. The van der Waals surface area contributed by atoms with E-state index in [1.807, 2.05) is 18.2 Å². The summed E-state index contributed by atoms with van der Waals surface area (Å²) in [6, 6.07) is 10.2. The van der Waals surface area contributed by atoms with Crippen LogP contribution < -0.4 is 5.32 Å². The molecule has 0 radical (unpaired) electrons. The average Bonchev–Trinajstić information content (AvgIpc) is 2.30. The van der Waals surface area contributed by atoms with E-state index in [1.54, 1.807) is 7.11 Å². The third kappa shape index (κ3) is 2.14. The number of nitrogens with one attached hydrogen (secondary N) is 1. The van der Waals surface area contributed by atoms with Gasteiger partial charge in [-0.25, -0.2) is 4.98 Å². The van der Waals surface area contributed by atoms with Gasteiger partial charge in [0.05, 0.1) is 12.1 Å². The minimum Gasteiger partial charge on any atom is -0.380 e. The van der Waals surface area contributed by atoms with Crippen LogP contribution in [0.1, 0.15) is 12.5 Å². The predicted octanol–water partition coefficient (Wildman–Crippen LogP) is 2.81. The second-order valence-corrected chi connectivity index (χ2v) is 3.65. The smallest absolute Gasteiger partial charge is 0.132 e. The Morgan fingerprint density at radius 3 is 2.88 bits per heavy atom. The van der Waals surface area contributed by atoms with Gasteiger partial charge in [-0.15, -0.1) is 0 Å². The lowest BCUT2D eigenvalue weighted by Gasteiger charge is -2.10. The first-order valence-corrected chi connectivity index (χ1v) is 5.46. The van der Waals surface area contributed by atoms with E-state index in [0.717, 1.165) is 28.8 Å². The van der Waals surface area contributed by atoms with Crippen molar-refractivity contribution < 1.29 is 4.74 Å². The first-order chi connectivity index (χ1) is 7.85. The second-order valence-electron chi connectivity index (χ2n) is 3.65. The van der Waals surface area contributed by atoms with Crippen LogP contribution in [0.15, 0.2) is 30.3 Å². The molecule has 1 N–H and O–H groups in total. The molecule has 84 valence electrons. The highest BCUT2D eigenvalue weighted by atomic mass is 16.5. The molecule has 2 aromatic rings. The molecule has 0 saturated heterocycles. The van der Waals surface area contributed by atoms with Crippen LogP contribution >= 0.6 is 0 Å². The van der Waals surface area contributed by atoms with Crippen molar-refractivity contribution in [1.82, 2.24) is 4.98 Å². The van der Waals surface area contributed by atoms with E-state index in [1.165, 1.54) is 0 Å². The summed E-state index contributed by atoms with van der Waals surface area (Å²) in [4.78, 5) is 4.59. The van der Waals surface area contributed by atoms with Crippen LogP contribution in [-0.2, 0) is 11.3 Å². The number of hydrogen-bond donors (Lipinski definition) is 1. The SMILES string of the molecule is CCNc1nc2ccccc2cc1COC. The number of aromatic nitrogens is 1. The molecule has 0 atom stereocenters. The van der Waals surface area contributed by atoms with Gasteiger partial charge < -0.3 is 10.1 Å². The Balaban J connectivity index is 2.51. The van der Waals surface area contributed by atoms with Gasteiger partial charge in [-0.05, 0) is 19.1 Å². The Hall–Kier alpha value is -1.61. The van der Waals surface area contributed by atoms with Crippen molar-refractivity contribution in [3.8, 4) is 0 Å². The molecule has 0 fully saturated rings. The zero-order chi connectivity index (χ0) is 11.4. The average molecular weight is 216 g/mol. The van der Waals surface area contributed by atoms with Crippen LogP contribution in [0.2, 0.25) is 0 Å². The van der Waals surface area contributed by atoms with Gasteiger partial charge in [-0.3, -0.25) is 0 Å². The molecular weight excluding hydrogens is 200 g/mol. The molecule has 1 heterocycles. The number of pyridine rings is 1. The van der Waals surface area contributed by atoms with Crippen LogP contribution in [0.4, 0.5) is 5.82 Å². The maximum Gasteiger partial charge on any atom is 0.132 e. The summed E-state index contributed by atoms with van der Waals surface area (Å²) < 4.78 is 5.18. The van der Waals surface area contributed by atoms with E-state index in [9.17, 15) is 0 Å². The molecule has 2 rings (SSSR count). The first kappa shape index (κ1) is 10.9. The van der Waals surface area contributed by atoms with Gasteiger partial charge in [0.15, 0.2) is 0 Å². The number of fused-ring (bicyclic) bond motifs is 1. The Bertz CT molecular complexity index is 438. The van der Waals surface area contributed by atoms with Crippen molar-refractivity contribution in [3.63, 3.8) is 0 Å². The lowest BCUT2D eigenvalue weighted by molar-refractivity contribution is 0.185. The molecule has 0 spiro atoms. The number of ether oxygens (including phenoxy) is 1. The molecule has 16 heavy (non-hydrogen) atoms. The van der Waals surface area contributed by atoms with Crippen molar-refractivity contribution in [2.24, 2.45) is 0 Å². The first-order valence-electron chi connectivity index (χ1n) is 5.46. The minimum atomic E-state index is 0.583. The minimum absolute atomic E-state index is 0.583. The van der Waals surface area contributed by atoms with E-state index < -0.39 is 0 Å². The lowest BCUT2D eigenvalue weighted by atomic mass is 10.1. The number of para-hydroxylation sites is 1. The summed E-state index contributed by atoms with van der Waals surface area (Å²) in [6.07, 6.45) is 0. The molecule has 1 aromatic heterocycles. The molecule has 0 aliphatic heterocycles. The fraction of sp³-hybridized carbons (Fsp3) is 0.308. The summed E-state index contributed by atoms with van der Waals surface area (Å²) in [5, 5.41) is 4.41. The van der Waals surface area contributed by atoms with Gasteiger partial charge in [0, 0.05) is 24.6 Å². The highest BCUT2D eigenvalue weighted by Gasteiger charge is 2.05.